The molecule has 0 bridgehead atoms. The second-order valence-corrected chi connectivity index (χ2v) is 3.38. The molecular formula is C10H14OS. The molecule has 0 N–H and O–H groups in total. The van der Waals surface area contributed by atoms with Crippen LogP contribution in [0.5, 0.6) is 5.75 Å². The third-order valence-corrected chi connectivity index (χ3v) is 2.71. The fraction of sp³-hybridized carbons (Fsp3) is 0.400. The summed E-state index contributed by atoms with van der Waals surface area (Å²) >= 11 is 1.78. The van der Waals surface area contributed by atoms with Crippen molar-refractivity contribution in [2.24, 2.45) is 0 Å². The first-order valence-corrected chi connectivity index (χ1v) is 5.25. The summed E-state index contributed by atoms with van der Waals surface area (Å²) in [5.74, 6) is 0.949. The summed E-state index contributed by atoms with van der Waals surface area (Å²) in [4.78, 5) is 1.35. The van der Waals surface area contributed by atoms with Crippen LogP contribution in [-0.2, 0) is 6.42 Å². The molecule has 0 aliphatic carbocycles. The van der Waals surface area contributed by atoms with Crippen LogP contribution in [0.15, 0.2) is 23.1 Å². The van der Waals surface area contributed by atoms with Crippen LogP contribution in [0.4, 0.5) is 0 Å². The molecule has 1 aromatic rings. The summed E-state index contributed by atoms with van der Waals surface area (Å²) in [6.07, 6.45) is 3.16. The Hall–Kier alpha value is -0.630. The molecule has 1 aromatic carbocycles. The van der Waals surface area contributed by atoms with Crippen LogP contribution < -0.4 is 4.74 Å². The van der Waals surface area contributed by atoms with Crippen LogP contribution in [0.3, 0.4) is 0 Å². The van der Waals surface area contributed by atoms with Crippen molar-refractivity contribution in [2.75, 3.05) is 13.4 Å². The Morgan fingerprint density at radius 3 is 2.67 bits per heavy atom. The third-order valence-electron chi connectivity index (χ3n) is 1.87. The molecule has 0 fully saturated rings. The fourth-order valence-corrected chi connectivity index (χ4v) is 1.83. The minimum Gasteiger partial charge on any atom is -0.497 e. The molecule has 1 rings (SSSR count). The number of benzene rings is 1. The van der Waals surface area contributed by atoms with Gasteiger partial charge in [0.05, 0.1) is 7.11 Å². The standard InChI is InChI=1S/C10H14OS/c1-4-8-7-9(11-2)5-6-10(8)12-3/h5-7H,4H2,1-3H3. The van der Waals surface area contributed by atoms with E-state index in [9.17, 15) is 0 Å². The molecule has 0 aromatic heterocycles. The highest BCUT2D eigenvalue weighted by Gasteiger charge is 2.00. The molecule has 12 heavy (non-hydrogen) atoms. The van der Waals surface area contributed by atoms with E-state index in [0.717, 1.165) is 12.2 Å². The van der Waals surface area contributed by atoms with E-state index < -0.39 is 0 Å². The van der Waals surface area contributed by atoms with Crippen molar-refractivity contribution in [3.05, 3.63) is 23.8 Å². The molecule has 0 amide bonds. The van der Waals surface area contributed by atoms with Crippen LogP contribution in [-0.4, -0.2) is 13.4 Å². The lowest BCUT2D eigenvalue weighted by Crippen LogP contribution is -1.88. The lowest BCUT2D eigenvalue weighted by molar-refractivity contribution is 0.414. The van der Waals surface area contributed by atoms with Gasteiger partial charge < -0.3 is 4.74 Å². The first kappa shape index (κ1) is 9.46. The Morgan fingerprint density at radius 1 is 1.42 bits per heavy atom. The number of hydrogen-bond donors (Lipinski definition) is 0. The quantitative estimate of drug-likeness (QED) is 0.665. The zero-order chi connectivity index (χ0) is 8.97. The van der Waals surface area contributed by atoms with Crippen molar-refractivity contribution in [3.8, 4) is 5.75 Å². The number of ether oxygens (including phenoxy) is 1. The molecule has 2 heteroatoms. The molecule has 0 aliphatic rings. The fourth-order valence-electron chi connectivity index (χ4n) is 1.16. The second kappa shape index (κ2) is 4.41. The molecule has 0 spiro atoms. The van der Waals surface area contributed by atoms with E-state index in [-0.39, 0.29) is 0 Å². The van der Waals surface area contributed by atoms with Gasteiger partial charge in [-0.3, -0.25) is 0 Å². The van der Waals surface area contributed by atoms with E-state index in [1.807, 2.05) is 6.07 Å². The minimum absolute atomic E-state index is 0.949. The summed E-state index contributed by atoms with van der Waals surface area (Å²) in [5, 5.41) is 0. The van der Waals surface area contributed by atoms with Crippen molar-refractivity contribution in [1.29, 1.82) is 0 Å². The van der Waals surface area contributed by atoms with Gasteiger partial charge in [-0.15, -0.1) is 11.8 Å². The Kier molecular flexibility index (Phi) is 3.48. The van der Waals surface area contributed by atoms with Crippen molar-refractivity contribution < 1.29 is 4.74 Å². The van der Waals surface area contributed by atoms with E-state index in [4.69, 9.17) is 4.74 Å². The molecule has 0 unspecified atom stereocenters. The van der Waals surface area contributed by atoms with Crippen LogP contribution in [0.2, 0.25) is 0 Å². The number of thioether (sulfide) groups is 1. The Bertz CT molecular complexity index is 258. The van der Waals surface area contributed by atoms with Gasteiger partial charge in [0, 0.05) is 4.90 Å². The van der Waals surface area contributed by atoms with Gasteiger partial charge in [0.15, 0.2) is 0 Å². The van der Waals surface area contributed by atoms with Gasteiger partial charge in [-0.2, -0.15) is 0 Å². The highest BCUT2D eigenvalue weighted by atomic mass is 32.2. The lowest BCUT2D eigenvalue weighted by Gasteiger charge is -2.06. The largest absolute Gasteiger partial charge is 0.497 e. The topological polar surface area (TPSA) is 9.23 Å². The van der Waals surface area contributed by atoms with Crippen molar-refractivity contribution in [2.45, 2.75) is 18.2 Å². The molecule has 0 saturated carbocycles. The van der Waals surface area contributed by atoms with Crippen molar-refractivity contribution in [3.63, 3.8) is 0 Å². The van der Waals surface area contributed by atoms with E-state index in [0.29, 0.717) is 0 Å². The Balaban J connectivity index is 3.02. The SMILES string of the molecule is CCc1cc(OC)ccc1SC. The molecule has 0 atom stereocenters. The van der Waals surface area contributed by atoms with Gasteiger partial charge in [0.1, 0.15) is 5.75 Å². The van der Waals surface area contributed by atoms with Gasteiger partial charge in [-0.05, 0) is 36.4 Å². The van der Waals surface area contributed by atoms with Crippen LogP contribution in [0, 0.1) is 0 Å². The number of methoxy groups -OCH3 is 1. The highest BCUT2D eigenvalue weighted by molar-refractivity contribution is 7.98. The average molecular weight is 182 g/mol. The zero-order valence-corrected chi connectivity index (χ0v) is 8.57. The predicted octanol–water partition coefficient (Wildman–Crippen LogP) is 2.98. The summed E-state index contributed by atoms with van der Waals surface area (Å²) in [6.45, 7) is 2.16. The highest BCUT2D eigenvalue weighted by Crippen LogP contribution is 2.24. The molecule has 0 heterocycles. The van der Waals surface area contributed by atoms with Gasteiger partial charge in [0.25, 0.3) is 0 Å². The molecule has 66 valence electrons. The van der Waals surface area contributed by atoms with E-state index in [2.05, 4.69) is 25.3 Å². The predicted molar refractivity (Wildman–Crippen MR) is 54.2 cm³/mol. The van der Waals surface area contributed by atoms with Gasteiger partial charge in [-0.25, -0.2) is 0 Å². The number of aryl methyl sites for hydroxylation is 1. The molecule has 1 nitrogen and oxygen atoms in total. The third kappa shape index (κ3) is 1.95. The average Bonchev–Trinajstić information content (AvgIpc) is 2.16. The summed E-state index contributed by atoms with van der Waals surface area (Å²) in [7, 11) is 1.70. The molecular weight excluding hydrogens is 168 g/mol. The Morgan fingerprint density at radius 2 is 2.17 bits per heavy atom. The van der Waals surface area contributed by atoms with E-state index >= 15 is 0 Å². The zero-order valence-electron chi connectivity index (χ0n) is 7.76. The molecule has 0 radical (unpaired) electrons. The summed E-state index contributed by atoms with van der Waals surface area (Å²) in [6, 6.07) is 6.22. The van der Waals surface area contributed by atoms with Gasteiger partial charge >= 0.3 is 0 Å². The monoisotopic (exact) mass is 182 g/mol. The minimum atomic E-state index is 0.949. The van der Waals surface area contributed by atoms with Crippen LogP contribution >= 0.6 is 11.8 Å². The van der Waals surface area contributed by atoms with Crippen LogP contribution in [0.25, 0.3) is 0 Å². The number of rotatable bonds is 3. The maximum Gasteiger partial charge on any atom is 0.119 e. The van der Waals surface area contributed by atoms with E-state index in [1.165, 1.54) is 10.5 Å². The lowest BCUT2D eigenvalue weighted by atomic mass is 10.1. The van der Waals surface area contributed by atoms with Crippen LogP contribution in [0.1, 0.15) is 12.5 Å². The normalized spacial score (nSPS) is 9.92. The van der Waals surface area contributed by atoms with Gasteiger partial charge in [0.2, 0.25) is 0 Å². The second-order valence-electron chi connectivity index (χ2n) is 2.53. The van der Waals surface area contributed by atoms with Crippen molar-refractivity contribution in [1.82, 2.24) is 0 Å². The first-order valence-electron chi connectivity index (χ1n) is 4.02. The Labute approximate surface area is 78.1 Å². The summed E-state index contributed by atoms with van der Waals surface area (Å²) < 4.78 is 5.15. The molecule has 0 saturated heterocycles. The smallest absolute Gasteiger partial charge is 0.119 e. The molecule has 0 aliphatic heterocycles. The first-order chi connectivity index (χ1) is 5.81. The summed E-state index contributed by atoms with van der Waals surface area (Å²) in [5.41, 5.74) is 1.36. The maximum absolute atomic E-state index is 5.15. The maximum atomic E-state index is 5.15. The van der Waals surface area contributed by atoms with Crippen molar-refractivity contribution >= 4 is 11.8 Å². The number of hydrogen-bond acceptors (Lipinski definition) is 2. The van der Waals surface area contributed by atoms with E-state index in [1.54, 1.807) is 18.9 Å². The van der Waals surface area contributed by atoms with Gasteiger partial charge in [-0.1, -0.05) is 6.92 Å².